The second-order valence-corrected chi connectivity index (χ2v) is 8.39. The first-order valence-electron chi connectivity index (χ1n) is 9.59. The van der Waals surface area contributed by atoms with Crippen molar-refractivity contribution in [2.75, 3.05) is 17.2 Å². The van der Waals surface area contributed by atoms with E-state index in [2.05, 4.69) is 15.6 Å². The van der Waals surface area contributed by atoms with E-state index in [1.54, 1.807) is 19.9 Å². The third-order valence-electron chi connectivity index (χ3n) is 4.22. The molecule has 0 fully saturated rings. The number of anilines is 2. The molecule has 2 aromatic carbocycles. The predicted octanol–water partition coefficient (Wildman–Crippen LogP) is 5.53. The molecule has 0 radical (unpaired) electrons. The van der Waals surface area contributed by atoms with E-state index < -0.39 is 11.1 Å². The first kappa shape index (κ1) is 22.8. The molecule has 0 saturated carbocycles. The number of carbonyl (C=O) groups is 2. The summed E-state index contributed by atoms with van der Waals surface area (Å²) in [6.07, 6.45) is 1.78. The highest BCUT2D eigenvalue weighted by atomic mass is 35.5. The Bertz CT molecular complexity index is 1060. The van der Waals surface area contributed by atoms with Crippen molar-refractivity contribution in [1.29, 1.82) is 0 Å². The fourth-order valence-corrected chi connectivity index (χ4v) is 3.87. The third kappa shape index (κ3) is 6.32. The van der Waals surface area contributed by atoms with Crippen LogP contribution in [0.2, 0.25) is 5.02 Å². The molecule has 9 heteroatoms. The standard InChI is InChI=1S/C22H21ClFN3O3S/c1-3-30-21(28)12-15-11-20(26-19-7-5-4-6-18(19)25-15)31-13(2)22(29)27-17-9-8-14(24)10-16(17)23/h4-11,13,25H,3,12H2,1-2H3,(H,27,29)/t13-/m0/s1. The zero-order valence-corrected chi connectivity index (χ0v) is 18.5. The number of benzene rings is 2. The van der Waals surface area contributed by atoms with E-state index in [4.69, 9.17) is 16.3 Å². The summed E-state index contributed by atoms with van der Waals surface area (Å²) in [6.45, 7) is 3.77. The lowest BCUT2D eigenvalue weighted by atomic mass is 10.2. The number of hydrogen-bond donors (Lipinski definition) is 2. The monoisotopic (exact) mass is 461 g/mol. The van der Waals surface area contributed by atoms with E-state index in [0.717, 1.165) is 11.8 Å². The molecule has 0 aliphatic carbocycles. The number of aliphatic imine (C=N–C) groups is 1. The lowest BCUT2D eigenvalue weighted by Gasteiger charge is -2.13. The van der Waals surface area contributed by atoms with E-state index in [1.807, 2.05) is 24.3 Å². The highest BCUT2D eigenvalue weighted by Gasteiger charge is 2.20. The molecular weight excluding hydrogens is 441 g/mol. The fourth-order valence-electron chi connectivity index (χ4n) is 2.77. The summed E-state index contributed by atoms with van der Waals surface area (Å²) in [5.41, 5.74) is 2.39. The topological polar surface area (TPSA) is 79.8 Å². The molecule has 2 N–H and O–H groups in total. The molecule has 0 saturated heterocycles. The van der Waals surface area contributed by atoms with Gasteiger partial charge < -0.3 is 15.4 Å². The SMILES string of the molecule is CCOC(=O)CC1=CC(S[C@@H](C)C(=O)Nc2ccc(F)cc2Cl)=Nc2ccccc2N1. The van der Waals surface area contributed by atoms with E-state index in [1.165, 1.54) is 23.9 Å². The Labute approximate surface area is 188 Å². The van der Waals surface area contributed by atoms with Gasteiger partial charge in [-0.1, -0.05) is 35.5 Å². The van der Waals surface area contributed by atoms with Crippen LogP contribution in [0.15, 0.2) is 59.2 Å². The van der Waals surface area contributed by atoms with Crippen molar-refractivity contribution in [3.05, 3.63) is 65.1 Å². The molecule has 3 rings (SSSR count). The first-order chi connectivity index (χ1) is 14.9. The van der Waals surface area contributed by atoms with Crippen LogP contribution in [-0.2, 0) is 14.3 Å². The van der Waals surface area contributed by atoms with Gasteiger partial charge in [-0.25, -0.2) is 9.38 Å². The van der Waals surface area contributed by atoms with Crippen molar-refractivity contribution in [2.24, 2.45) is 4.99 Å². The molecule has 0 spiro atoms. The first-order valence-corrected chi connectivity index (χ1v) is 10.8. The largest absolute Gasteiger partial charge is 0.466 e. The summed E-state index contributed by atoms with van der Waals surface area (Å²) in [4.78, 5) is 29.3. The number of ether oxygens (including phenoxy) is 1. The summed E-state index contributed by atoms with van der Waals surface area (Å²) in [6, 6.07) is 11.2. The van der Waals surface area contributed by atoms with Crippen LogP contribution in [-0.4, -0.2) is 28.8 Å². The van der Waals surface area contributed by atoms with Crippen LogP contribution >= 0.6 is 23.4 Å². The maximum Gasteiger partial charge on any atom is 0.311 e. The summed E-state index contributed by atoms with van der Waals surface area (Å²) in [5, 5.41) is 6.05. The van der Waals surface area contributed by atoms with Crippen LogP contribution in [0, 0.1) is 5.82 Å². The molecule has 0 aromatic heterocycles. The molecule has 0 unspecified atom stereocenters. The summed E-state index contributed by atoms with van der Waals surface area (Å²) in [5.74, 6) is -1.16. The van der Waals surface area contributed by atoms with Crippen molar-refractivity contribution in [1.82, 2.24) is 0 Å². The zero-order valence-electron chi connectivity index (χ0n) is 16.9. The van der Waals surface area contributed by atoms with Gasteiger partial charge in [0.1, 0.15) is 5.82 Å². The lowest BCUT2D eigenvalue weighted by molar-refractivity contribution is -0.142. The predicted molar refractivity (Wildman–Crippen MR) is 124 cm³/mol. The number of para-hydroxylation sites is 2. The van der Waals surface area contributed by atoms with Gasteiger partial charge in [0.15, 0.2) is 0 Å². The van der Waals surface area contributed by atoms with Gasteiger partial charge in [0.25, 0.3) is 0 Å². The Morgan fingerprint density at radius 2 is 2.06 bits per heavy atom. The van der Waals surface area contributed by atoms with E-state index >= 15 is 0 Å². The van der Waals surface area contributed by atoms with Crippen molar-refractivity contribution >= 4 is 57.3 Å². The number of esters is 1. The Hall–Kier alpha value is -2.84. The smallest absolute Gasteiger partial charge is 0.311 e. The van der Waals surface area contributed by atoms with Crippen LogP contribution in [0.1, 0.15) is 20.3 Å². The number of carbonyl (C=O) groups excluding carboxylic acids is 2. The maximum atomic E-state index is 13.2. The minimum absolute atomic E-state index is 0.0491. The molecule has 6 nitrogen and oxygen atoms in total. The third-order valence-corrected chi connectivity index (χ3v) is 5.55. The van der Waals surface area contributed by atoms with E-state index in [0.29, 0.717) is 28.7 Å². The molecular formula is C22H21ClFN3O3S. The zero-order chi connectivity index (χ0) is 22.4. The van der Waals surface area contributed by atoms with E-state index in [-0.39, 0.29) is 23.3 Å². The molecule has 1 amide bonds. The average Bonchev–Trinajstić information content (AvgIpc) is 2.88. The van der Waals surface area contributed by atoms with Crippen LogP contribution in [0.3, 0.4) is 0 Å². The minimum atomic E-state index is -0.537. The Balaban J connectivity index is 1.78. The van der Waals surface area contributed by atoms with Gasteiger partial charge >= 0.3 is 5.97 Å². The molecule has 0 bridgehead atoms. The maximum absolute atomic E-state index is 13.2. The van der Waals surface area contributed by atoms with Crippen LogP contribution < -0.4 is 10.6 Å². The van der Waals surface area contributed by atoms with Crippen molar-refractivity contribution in [3.8, 4) is 0 Å². The fraction of sp³-hybridized carbons (Fsp3) is 0.227. The Morgan fingerprint density at radius 1 is 1.29 bits per heavy atom. The number of halogens is 2. The van der Waals surface area contributed by atoms with Gasteiger partial charge in [0, 0.05) is 5.70 Å². The second-order valence-electron chi connectivity index (χ2n) is 6.62. The van der Waals surface area contributed by atoms with Crippen molar-refractivity contribution in [2.45, 2.75) is 25.5 Å². The van der Waals surface area contributed by atoms with Gasteiger partial charge in [-0.2, -0.15) is 0 Å². The average molecular weight is 462 g/mol. The minimum Gasteiger partial charge on any atom is -0.466 e. The number of hydrogen-bond acceptors (Lipinski definition) is 6. The number of amides is 1. The van der Waals surface area contributed by atoms with Gasteiger partial charge in [-0.05, 0) is 50.3 Å². The summed E-state index contributed by atoms with van der Waals surface area (Å²) < 4.78 is 18.3. The lowest BCUT2D eigenvalue weighted by Crippen LogP contribution is -2.23. The number of fused-ring (bicyclic) bond motifs is 1. The van der Waals surface area contributed by atoms with Gasteiger partial charge in [0.2, 0.25) is 5.91 Å². The van der Waals surface area contributed by atoms with Gasteiger partial charge in [-0.15, -0.1) is 0 Å². The summed E-state index contributed by atoms with van der Waals surface area (Å²) >= 11 is 7.22. The Morgan fingerprint density at radius 3 is 2.81 bits per heavy atom. The van der Waals surface area contributed by atoms with Crippen molar-refractivity contribution in [3.63, 3.8) is 0 Å². The number of nitrogens with zero attached hydrogens (tertiary/aromatic N) is 1. The normalized spacial score (nSPS) is 13.7. The molecule has 1 aliphatic rings. The highest BCUT2D eigenvalue weighted by Crippen LogP contribution is 2.32. The van der Waals surface area contributed by atoms with Crippen molar-refractivity contribution < 1.29 is 18.7 Å². The summed E-state index contributed by atoms with van der Waals surface area (Å²) in [7, 11) is 0. The number of thioether (sulfide) groups is 1. The number of rotatable bonds is 6. The Kier molecular flexibility index (Phi) is 7.70. The second kappa shape index (κ2) is 10.5. The molecule has 162 valence electrons. The van der Waals surface area contributed by atoms with Gasteiger partial charge in [0.05, 0.1) is 45.4 Å². The molecule has 1 atom stereocenters. The number of nitrogens with one attached hydrogen (secondary N) is 2. The van der Waals surface area contributed by atoms with Crippen LogP contribution in [0.25, 0.3) is 0 Å². The quantitative estimate of drug-likeness (QED) is 0.553. The van der Waals surface area contributed by atoms with Gasteiger partial charge in [-0.3, -0.25) is 9.59 Å². The molecule has 1 heterocycles. The molecule has 1 aliphatic heterocycles. The molecule has 2 aromatic rings. The van der Waals surface area contributed by atoms with Crippen LogP contribution in [0.5, 0.6) is 0 Å². The van der Waals surface area contributed by atoms with Crippen LogP contribution in [0.4, 0.5) is 21.5 Å². The van der Waals surface area contributed by atoms with E-state index in [9.17, 15) is 14.0 Å². The molecule has 31 heavy (non-hydrogen) atoms. The highest BCUT2D eigenvalue weighted by molar-refractivity contribution is 8.15.